The number of ether oxygens (including phenoxy) is 2. The summed E-state index contributed by atoms with van der Waals surface area (Å²) >= 11 is 0. The molecule has 0 atom stereocenters. The van der Waals surface area contributed by atoms with Crippen molar-refractivity contribution in [3.8, 4) is 11.5 Å². The van der Waals surface area contributed by atoms with Crippen molar-refractivity contribution in [2.45, 2.75) is 71.1 Å². The third kappa shape index (κ3) is 10.0. The normalized spacial score (nSPS) is 11.2. The Bertz CT molecular complexity index is 1030. The smallest absolute Gasteiger partial charge is 0.119 e. The van der Waals surface area contributed by atoms with Crippen molar-refractivity contribution in [3.63, 3.8) is 0 Å². The van der Waals surface area contributed by atoms with Crippen molar-refractivity contribution in [2.24, 2.45) is 0 Å². The van der Waals surface area contributed by atoms with Gasteiger partial charge in [-0.3, -0.25) is 0 Å². The lowest BCUT2D eigenvalue weighted by Gasteiger charge is -2.08. The van der Waals surface area contributed by atoms with Crippen LogP contribution in [0.25, 0.3) is 22.9 Å². The summed E-state index contributed by atoms with van der Waals surface area (Å²) in [5.41, 5.74) is 2.36. The summed E-state index contributed by atoms with van der Waals surface area (Å²) in [6, 6.07) is 21.3. The van der Waals surface area contributed by atoms with Gasteiger partial charge in [-0.15, -0.1) is 6.58 Å². The summed E-state index contributed by atoms with van der Waals surface area (Å²) in [4.78, 5) is 0. The molecule has 0 fully saturated rings. The lowest BCUT2D eigenvalue weighted by atomic mass is 10.1. The molecule has 0 bridgehead atoms. The summed E-state index contributed by atoms with van der Waals surface area (Å²) in [5.74, 6) is 1.90. The maximum atomic E-state index is 6.01. The van der Waals surface area contributed by atoms with Crippen molar-refractivity contribution in [3.05, 3.63) is 84.4 Å². The zero-order chi connectivity index (χ0) is 24.6. The topological polar surface area (TPSA) is 18.5 Å². The van der Waals surface area contributed by atoms with Crippen molar-refractivity contribution in [1.82, 2.24) is 0 Å². The van der Waals surface area contributed by atoms with E-state index in [-0.39, 0.29) is 0 Å². The molecule has 0 spiro atoms. The molecule has 35 heavy (non-hydrogen) atoms. The van der Waals surface area contributed by atoms with Crippen molar-refractivity contribution >= 4 is 22.9 Å². The molecule has 3 rings (SSSR count). The molecule has 0 N–H and O–H groups in total. The number of rotatable bonds is 17. The van der Waals surface area contributed by atoms with Gasteiger partial charge in [0.05, 0.1) is 13.2 Å². The lowest BCUT2D eigenvalue weighted by Crippen LogP contribution is -1.97. The Balaban J connectivity index is 1.42. The zero-order valence-corrected chi connectivity index (χ0v) is 21.5. The first-order valence-corrected chi connectivity index (χ1v) is 13.5. The van der Waals surface area contributed by atoms with Gasteiger partial charge in [0, 0.05) is 0 Å². The fraction of sp³-hybridized carbons (Fsp3) is 0.394. The fourth-order valence-electron chi connectivity index (χ4n) is 4.10. The Morgan fingerprint density at radius 2 is 1.17 bits per heavy atom. The fourth-order valence-corrected chi connectivity index (χ4v) is 4.10. The predicted molar refractivity (Wildman–Crippen MR) is 152 cm³/mol. The highest BCUT2D eigenvalue weighted by atomic mass is 16.5. The predicted octanol–water partition coefficient (Wildman–Crippen LogP) is 9.87. The van der Waals surface area contributed by atoms with E-state index in [4.69, 9.17) is 9.47 Å². The molecule has 186 valence electrons. The quantitative estimate of drug-likeness (QED) is 0.111. The first kappa shape index (κ1) is 26.6. The van der Waals surface area contributed by atoms with Crippen LogP contribution >= 0.6 is 0 Å². The molecule has 2 heteroatoms. The molecule has 0 unspecified atom stereocenters. The Hall–Kier alpha value is -3.00. The van der Waals surface area contributed by atoms with Gasteiger partial charge in [0.25, 0.3) is 0 Å². The van der Waals surface area contributed by atoms with Crippen molar-refractivity contribution in [1.29, 1.82) is 0 Å². The van der Waals surface area contributed by atoms with E-state index < -0.39 is 0 Å². The molecule has 3 aromatic carbocycles. The SMILES string of the molecule is C=CCCCCCCCCCOc1ccc2cc(/C=C/c3ccc(OCCCC)cc3)ccc2c1. The second-order valence-electron chi connectivity index (χ2n) is 9.27. The first-order valence-electron chi connectivity index (χ1n) is 13.5. The molecule has 0 heterocycles. The van der Waals surface area contributed by atoms with E-state index >= 15 is 0 Å². The number of hydrogen-bond donors (Lipinski definition) is 0. The molecule has 0 aliphatic carbocycles. The number of hydrogen-bond acceptors (Lipinski definition) is 2. The second kappa shape index (κ2) is 15.8. The van der Waals surface area contributed by atoms with Crippen molar-refractivity contribution < 1.29 is 9.47 Å². The average molecular weight is 471 g/mol. The largest absolute Gasteiger partial charge is 0.494 e. The van der Waals surface area contributed by atoms with Crippen LogP contribution in [0, 0.1) is 0 Å². The Kier molecular flexibility index (Phi) is 12.0. The van der Waals surface area contributed by atoms with Gasteiger partial charge in [-0.25, -0.2) is 0 Å². The molecular weight excluding hydrogens is 428 g/mol. The molecular formula is C33H42O2. The minimum atomic E-state index is 0.784. The van der Waals surface area contributed by atoms with Gasteiger partial charge in [0.2, 0.25) is 0 Å². The number of benzene rings is 3. The van der Waals surface area contributed by atoms with Crippen LogP contribution < -0.4 is 9.47 Å². The van der Waals surface area contributed by atoms with Crippen molar-refractivity contribution in [2.75, 3.05) is 13.2 Å². The molecule has 2 nitrogen and oxygen atoms in total. The van der Waals surface area contributed by atoms with E-state index in [9.17, 15) is 0 Å². The van der Waals surface area contributed by atoms with Crippen LogP contribution in [0.15, 0.2) is 73.3 Å². The van der Waals surface area contributed by atoms with E-state index in [0.29, 0.717) is 0 Å². The number of allylic oxidation sites excluding steroid dienone is 1. The Morgan fingerprint density at radius 3 is 1.94 bits per heavy atom. The molecule has 3 aromatic rings. The van der Waals surface area contributed by atoms with Crippen LogP contribution in [-0.4, -0.2) is 13.2 Å². The van der Waals surface area contributed by atoms with Gasteiger partial charge in [-0.1, -0.05) is 94.0 Å². The minimum absolute atomic E-state index is 0.784. The maximum absolute atomic E-state index is 6.01. The number of unbranched alkanes of at least 4 members (excludes halogenated alkanes) is 8. The standard InChI is InChI=1S/C33H42O2/c1-3-5-7-8-9-10-11-12-13-25-35-33-23-20-30-26-29(16-19-31(30)27-33)15-14-28-17-21-32(22-18-28)34-24-6-4-2/h3,14-23,26-27H,1,4-13,24-25H2,2H3/b15-14+. The molecule has 0 saturated carbocycles. The highest BCUT2D eigenvalue weighted by molar-refractivity contribution is 5.87. The highest BCUT2D eigenvalue weighted by Gasteiger charge is 2.00. The van der Waals surface area contributed by atoms with Crippen LogP contribution in [0.3, 0.4) is 0 Å². The lowest BCUT2D eigenvalue weighted by molar-refractivity contribution is 0.304. The Labute approximate surface area is 212 Å². The van der Waals surface area contributed by atoms with Gasteiger partial charge >= 0.3 is 0 Å². The average Bonchev–Trinajstić information content (AvgIpc) is 2.89. The monoisotopic (exact) mass is 470 g/mol. The molecule has 0 aliphatic heterocycles. The van der Waals surface area contributed by atoms with Crippen LogP contribution in [0.1, 0.15) is 82.3 Å². The van der Waals surface area contributed by atoms with E-state index in [1.165, 1.54) is 60.4 Å². The Morgan fingerprint density at radius 1 is 0.600 bits per heavy atom. The molecule has 0 aliphatic rings. The summed E-state index contributed by atoms with van der Waals surface area (Å²) in [5, 5.41) is 2.45. The third-order valence-corrected chi connectivity index (χ3v) is 6.27. The van der Waals surface area contributed by atoms with Gasteiger partial charge < -0.3 is 9.47 Å². The van der Waals surface area contributed by atoms with E-state index in [2.05, 4.69) is 74.2 Å². The van der Waals surface area contributed by atoms with E-state index in [1.54, 1.807) is 0 Å². The maximum Gasteiger partial charge on any atom is 0.119 e. The second-order valence-corrected chi connectivity index (χ2v) is 9.27. The van der Waals surface area contributed by atoms with Gasteiger partial charge in [-0.05, 0) is 77.9 Å². The summed E-state index contributed by atoms with van der Waals surface area (Å²) < 4.78 is 11.8. The van der Waals surface area contributed by atoms with Gasteiger partial charge in [-0.2, -0.15) is 0 Å². The number of fused-ring (bicyclic) bond motifs is 1. The highest BCUT2D eigenvalue weighted by Crippen LogP contribution is 2.24. The van der Waals surface area contributed by atoms with Crippen LogP contribution in [0.4, 0.5) is 0 Å². The van der Waals surface area contributed by atoms with Crippen LogP contribution in [-0.2, 0) is 0 Å². The van der Waals surface area contributed by atoms with Crippen LogP contribution in [0.5, 0.6) is 11.5 Å². The van der Waals surface area contributed by atoms with E-state index in [0.717, 1.165) is 50.4 Å². The zero-order valence-electron chi connectivity index (χ0n) is 21.5. The molecule has 0 amide bonds. The molecule has 0 aromatic heterocycles. The summed E-state index contributed by atoms with van der Waals surface area (Å²) in [6.07, 6.45) is 18.7. The minimum Gasteiger partial charge on any atom is -0.494 e. The van der Waals surface area contributed by atoms with Gasteiger partial charge in [0.1, 0.15) is 11.5 Å². The van der Waals surface area contributed by atoms with Gasteiger partial charge in [0.15, 0.2) is 0 Å². The van der Waals surface area contributed by atoms with Crippen LogP contribution in [0.2, 0.25) is 0 Å². The summed E-state index contributed by atoms with van der Waals surface area (Å²) in [6.45, 7) is 7.54. The first-order chi connectivity index (χ1) is 17.3. The molecule has 0 radical (unpaired) electrons. The summed E-state index contributed by atoms with van der Waals surface area (Å²) in [7, 11) is 0. The third-order valence-electron chi connectivity index (χ3n) is 6.27. The van der Waals surface area contributed by atoms with E-state index in [1.807, 2.05) is 18.2 Å². The molecule has 0 saturated heterocycles.